The van der Waals surface area contributed by atoms with Gasteiger partial charge in [-0.1, -0.05) is 17.7 Å². The third kappa shape index (κ3) is 5.55. The summed E-state index contributed by atoms with van der Waals surface area (Å²) < 4.78 is 56.5. The van der Waals surface area contributed by atoms with E-state index < -0.39 is 33.8 Å². The maximum Gasteiger partial charge on any atom is 0.405 e. The van der Waals surface area contributed by atoms with Gasteiger partial charge in [0.1, 0.15) is 11.6 Å². The highest BCUT2D eigenvalue weighted by molar-refractivity contribution is 7.92. The Labute approximate surface area is 235 Å². The predicted molar refractivity (Wildman–Crippen MR) is 149 cm³/mol. The van der Waals surface area contributed by atoms with Crippen molar-refractivity contribution >= 4 is 66.1 Å². The summed E-state index contributed by atoms with van der Waals surface area (Å²) >= 11 is 7.88. The first-order valence-electron chi connectivity index (χ1n) is 11.6. The molecule has 0 radical (unpaired) electrons. The second-order valence-electron chi connectivity index (χ2n) is 9.12. The molecule has 0 fully saturated rings. The van der Waals surface area contributed by atoms with Crippen LogP contribution >= 0.6 is 22.9 Å². The number of hydrogen-bond donors (Lipinski definition) is 3. The van der Waals surface area contributed by atoms with Gasteiger partial charge in [0.25, 0.3) is 0 Å². The van der Waals surface area contributed by atoms with Crippen LogP contribution in [0.15, 0.2) is 36.4 Å². The van der Waals surface area contributed by atoms with E-state index in [0.29, 0.717) is 32.4 Å². The van der Waals surface area contributed by atoms with Crippen molar-refractivity contribution < 1.29 is 27.1 Å². The molecular formula is C25H21ClF2N6O4S2. The number of aryl methyl sites for hydroxylation is 2. The number of rotatable bonds is 7. The second-order valence-corrected chi connectivity index (χ2v) is 12.5. The summed E-state index contributed by atoms with van der Waals surface area (Å²) in [5.41, 5.74) is 2.27. The zero-order chi connectivity index (χ0) is 28.9. The molecule has 0 aliphatic rings. The molecule has 0 bridgehead atoms. The Morgan fingerprint density at radius 1 is 1.15 bits per heavy atom. The summed E-state index contributed by atoms with van der Waals surface area (Å²) in [4.78, 5) is 21.0. The van der Waals surface area contributed by atoms with Crippen LogP contribution in [-0.2, 0) is 23.5 Å². The van der Waals surface area contributed by atoms with E-state index in [4.69, 9.17) is 16.6 Å². The van der Waals surface area contributed by atoms with Gasteiger partial charge in [-0.2, -0.15) is 5.10 Å². The van der Waals surface area contributed by atoms with Gasteiger partial charge in [0.15, 0.2) is 11.5 Å². The minimum atomic E-state index is -3.69. The molecule has 5 rings (SSSR count). The quantitative estimate of drug-likeness (QED) is 0.225. The van der Waals surface area contributed by atoms with Gasteiger partial charge >= 0.3 is 6.09 Å². The van der Waals surface area contributed by atoms with Gasteiger partial charge in [0, 0.05) is 24.2 Å². The zero-order valence-electron chi connectivity index (χ0n) is 21.2. The number of thiazole rings is 1. The van der Waals surface area contributed by atoms with Gasteiger partial charge in [0.05, 0.1) is 43.6 Å². The van der Waals surface area contributed by atoms with Crippen LogP contribution in [0.1, 0.15) is 22.3 Å². The third-order valence-electron chi connectivity index (χ3n) is 6.02. The molecular weight excluding hydrogens is 586 g/mol. The molecule has 40 heavy (non-hydrogen) atoms. The standard InChI is InChI=1S/C25H21ClF2N6O4S2/c1-11-29-23-19(39-11)10-16(15-4-5-17(26)20-22(15)34(2)32-24(20)33-40(3,37)38)21(31-23)18(30-25(35)36)8-12-6-13(27)9-14(28)7-12/h4-7,9-10,18,30H,8H2,1-3H3,(H,32,33)(H,35,36). The van der Waals surface area contributed by atoms with Crippen molar-refractivity contribution in [2.75, 3.05) is 11.0 Å². The lowest BCUT2D eigenvalue weighted by molar-refractivity contribution is 0.189. The Morgan fingerprint density at radius 2 is 1.85 bits per heavy atom. The highest BCUT2D eigenvalue weighted by Gasteiger charge is 2.26. The molecule has 5 aromatic rings. The van der Waals surface area contributed by atoms with Crippen LogP contribution in [-0.4, -0.2) is 45.6 Å². The number of nitrogens with zero attached hydrogens (tertiary/aromatic N) is 4. The molecule has 1 unspecified atom stereocenters. The van der Waals surface area contributed by atoms with Crippen molar-refractivity contribution in [2.45, 2.75) is 19.4 Å². The van der Waals surface area contributed by atoms with E-state index in [9.17, 15) is 27.1 Å². The summed E-state index contributed by atoms with van der Waals surface area (Å²) in [5, 5.41) is 17.7. The molecule has 3 heterocycles. The fraction of sp³-hybridized carbons (Fsp3) is 0.200. The van der Waals surface area contributed by atoms with E-state index in [1.165, 1.54) is 16.0 Å². The topological polar surface area (TPSA) is 139 Å². The summed E-state index contributed by atoms with van der Waals surface area (Å²) in [6.07, 6.45) is -0.505. The monoisotopic (exact) mass is 606 g/mol. The van der Waals surface area contributed by atoms with E-state index in [1.807, 2.05) is 0 Å². The van der Waals surface area contributed by atoms with Crippen molar-refractivity contribution in [3.8, 4) is 11.1 Å². The third-order valence-corrected chi connectivity index (χ3v) is 7.80. The van der Waals surface area contributed by atoms with E-state index >= 15 is 0 Å². The molecule has 2 aromatic carbocycles. The highest BCUT2D eigenvalue weighted by atomic mass is 35.5. The van der Waals surface area contributed by atoms with Crippen LogP contribution < -0.4 is 10.0 Å². The van der Waals surface area contributed by atoms with Crippen LogP contribution in [0.4, 0.5) is 19.4 Å². The minimum Gasteiger partial charge on any atom is -0.465 e. The van der Waals surface area contributed by atoms with E-state index in [0.717, 1.165) is 29.5 Å². The van der Waals surface area contributed by atoms with Gasteiger partial charge in [-0.05, 0) is 43.2 Å². The average Bonchev–Trinajstić information content (AvgIpc) is 3.34. The van der Waals surface area contributed by atoms with Crippen LogP contribution in [0.25, 0.3) is 32.4 Å². The minimum absolute atomic E-state index is 0.0199. The number of halogens is 3. The molecule has 0 aliphatic heterocycles. The van der Waals surface area contributed by atoms with Crippen molar-refractivity contribution in [3.63, 3.8) is 0 Å². The smallest absolute Gasteiger partial charge is 0.405 e. The first-order valence-corrected chi connectivity index (χ1v) is 14.7. The van der Waals surface area contributed by atoms with Gasteiger partial charge in [-0.25, -0.2) is 32.0 Å². The van der Waals surface area contributed by atoms with Gasteiger partial charge in [0.2, 0.25) is 10.0 Å². The number of benzene rings is 2. The lowest BCUT2D eigenvalue weighted by Crippen LogP contribution is -2.29. The molecule has 3 N–H and O–H groups in total. The highest BCUT2D eigenvalue weighted by Crippen LogP contribution is 2.41. The number of carbonyl (C=O) groups is 1. The second kappa shape index (κ2) is 10.3. The van der Waals surface area contributed by atoms with E-state index in [1.54, 1.807) is 32.2 Å². The number of carboxylic acid groups (broad SMARTS) is 1. The lowest BCUT2D eigenvalue weighted by Gasteiger charge is -2.21. The first-order chi connectivity index (χ1) is 18.8. The van der Waals surface area contributed by atoms with Gasteiger partial charge < -0.3 is 10.4 Å². The SMILES string of the molecule is Cc1nc2nc(C(Cc3cc(F)cc(F)c3)NC(=O)O)c(-c3ccc(Cl)c4c(NS(C)(=O)=O)nn(C)c34)cc2s1. The van der Waals surface area contributed by atoms with Crippen LogP contribution in [0.2, 0.25) is 5.02 Å². The van der Waals surface area contributed by atoms with Crippen molar-refractivity contribution in [3.05, 3.63) is 69.3 Å². The average molecular weight is 607 g/mol. The first kappa shape index (κ1) is 27.7. The number of fused-ring (bicyclic) bond motifs is 2. The molecule has 1 amide bonds. The summed E-state index contributed by atoms with van der Waals surface area (Å²) in [7, 11) is -2.08. The molecule has 0 saturated carbocycles. The van der Waals surface area contributed by atoms with Crippen molar-refractivity contribution in [2.24, 2.45) is 7.05 Å². The number of aromatic nitrogens is 4. The van der Waals surface area contributed by atoms with Gasteiger partial charge in [-0.3, -0.25) is 9.40 Å². The number of pyridine rings is 1. The Hall–Kier alpha value is -3.88. The molecule has 0 saturated heterocycles. The fourth-order valence-electron chi connectivity index (χ4n) is 4.64. The van der Waals surface area contributed by atoms with E-state index in [-0.39, 0.29) is 28.5 Å². The number of hydrogen-bond acceptors (Lipinski definition) is 7. The number of nitrogens with one attached hydrogen (secondary N) is 2. The van der Waals surface area contributed by atoms with Crippen LogP contribution in [0.3, 0.4) is 0 Å². The number of sulfonamides is 1. The summed E-state index contributed by atoms with van der Waals surface area (Å²) in [6, 6.07) is 6.98. The summed E-state index contributed by atoms with van der Waals surface area (Å²) in [5.74, 6) is -1.59. The van der Waals surface area contributed by atoms with Crippen LogP contribution in [0.5, 0.6) is 0 Å². The normalized spacial score (nSPS) is 12.7. The number of anilines is 1. The Morgan fingerprint density at radius 3 is 2.50 bits per heavy atom. The van der Waals surface area contributed by atoms with Crippen molar-refractivity contribution in [1.82, 2.24) is 25.1 Å². The Balaban J connectivity index is 1.79. The molecule has 3 aromatic heterocycles. The van der Waals surface area contributed by atoms with Gasteiger partial charge in [-0.15, -0.1) is 11.3 Å². The Bertz CT molecular complexity index is 1910. The Kier molecular flexibility index (Phi) is 7.10. The maximum atomic E-state index is 14.0. The molecule has 208 valence electrons. The molecule has 0 spiro atoms. The zero-order valence-corrected chi connectivity index (χ0v) is 23.5. The van der Waals surface area contributed by atoms with E-state index in [2.05, 4.69) is 20.1 Å². The summed E-state index contributed by atoms with van der Waals surface area (Å²) in [6.45, 7) is 1.80. The molecule has 0 aliphatic carbocycles. The molecule has 10 nitrogen and oxygen atoms in total. The fourth-order valence-corrected chi connectivity index (χ4v) is 6.18. The maximum absolute atomic E-state index is 14.0. The molecule has 15 heteroatoms. The van der Waals surface area contributed by atoms with Crippen LogP contribution in [0, 0.1) is 18.6 Å². The largest absolute Gasteiger partial charge is 0.465 e. The number of amides is 1. The molecule has 1 atom stereocenters. The lowest BCUT2D eigenvalue weighted by atomic mass is 9.94. The van der Waals surface area contributed by atoms with Crippen molar-refractivity contribution in [1.29, 1.82) is 0 Å². The predicted octanol–water partition coefficient (Wildman–Crippen LogP) is 5.41.